The summed E-state index contributed by atoms with van der Waals surface area (Å²) >= 11 is 5.07. The highest BCUT2D eigenvalue weighted by Crippen LogP contribution is 2.33. The van der Waals surface area contributed by atoms with Crippen LogP contribution in [0.4, 0.5) is 11.4 Å². The minimum absolute atomic E-state index is 0.0230. The van der Waals surface area contributed by atoms with E-state index < -0.39 is 10.9 Å². The topological polar surface area (TPSA) is 117 Å². The average molecular weight is 309 g/mol. The lowest BCUT2D eigenvalue weighted by Gasteiger charge is -2.08. The zero-order valence-corrected chi connectivity index (χ0v) is 11.7. The molecular formula is C12H11N3O5S. The zero-order valence-electron chi connectivity index (χ0n) is 10.9. The van der Waals surface area contributed by atoms with Gasteiger partial charge in [-0.2, -0.15) is 0 Å². The number of ether oxygens (including phenoxy) is 2. The second-order valence-electron chi connectivity index (χ2n) is 3.95. The molecule has 1 heterocycles. The summed E-state index contributed by atoms with van der Waals surface area (Å²) in [6.07, 6.45) is 0. The number of carbonyl (C=O) groups excluding carboxylic acids is 1. The van der Waals surface area contributed by atoms with Crippen LogP contribution >= 0.6 is 12.2 Å². The number of hydrogen-bond donors (Lipinski definition) is 2. The largest absolute Gasteiger partial charge is 0.462 e. The van der Waals surface area contributed by atoms with Crippen LogP contribution in [-0.2, 0) is 9.53 Å². The Morgan fingerprint density at radius 3 is 2.90 bits per heavy atom. The van der Waals surface area contributed by atoms with Crippen molar-refractivity contribution < 1.29 is 19.2 Å². The number of hydrogen-bond acceptors (Lipinski definition) is 7. The van der Waals surface area contributed by atoms with Crippen molar-refractivity contribution in [3.8, 4) is 5.75 Å². The van der Waals surface area contributed by atoms with Crippen LogP contribution in [0, 0.1) is 10.1 Å². The highest BCUT2D eigenvalue weighted by atomic mass is 32.1. The highest BCUT2D eigenvalue weighted by Gasteiger charge is 2.27. The summed E-state index contributed by atoms with van der Waals surface area (Å²) < 4.78 is 10.2. The fourth-order valence-corrected chi connectivity index (χ4v) is 1.97. The van der Waals surface area contributed by atoms with Gasteiger partial charge >= 0.3 is 5.97 Å². The van der Waals surface area contributed by atoms with Gasteiger partial charge in [-0.25, -0.2) is 4.79 Å². The van der Waals surface area contributed by atoms with Gasteiger partial charge in [0, 0.05) is 12.1 Å². The molecule has 0 amide bonds. The van der Waals surface area contributed by atoms with Crippen molar-refractivity contribution in [3.63, 3.8) is 0 Å². The number of nitrogens with zero attached hydrogens (tertiary/aromatic N) is 1. The summed E-state index contributed by atoms with van der Waals surface area (Å²) in [4.78, 5) is 22.0. The van der Waals surface area contributed by atoms with Gasteiger partial charge in [0.05, 0.1) is 17.2 Å². The minimum atomic E-state index is -0.727. The summed E-state index contributed by atoms with van der Waals surface area (Å²) in [5.74, 6) is -0.729. The van der Waals surface area contributed by atoms with Crippen molar-refractivity contribution in [1.29, 1.82) is 0 Å². The van der Waals surface area contributed by atoms with Crippen molar-refractivity contribution in [2.75, 3.05) is 11.9 Å². The van der Waals surface area contributed by atoms with Gasteiger partial charge in [-0.3, -0.25) is 10.1 Å². The quantitative estimate of drug-likeness (QED) is 0.373. The molecule has 0 atom stereocenters. The SMILES string of the molecule is CCOC(=O)C1=C(N)Oc2ccc([N+](=O)[O-])cc2NC1=S. The lowest BCUT2D eigenvalue weighted by atomic mass is 10.2. The predicted molar refractivity (Wildman–Crippen MR) is 77.8 cm³/mol. The minimum Gasteiger partial charge on any atom is -0.462 e. The number of nitro groups is 1. The maximum atomic E-state index is 11.8. The van der Waals surface area contributed by atoms with E-state index in [2.05, 4.69) is 5.32 Å². The Bertz CT molecular complexity index is 671. The van der Waals surface area contributed by atoms with Gasteiger partial charge in [-0.15, -0.1) is 0 Å². The average Bonchev–Trinajstić information content (AvgIpc) is 2.52. The number of fused-ring (bicyclic) bond motifs is 1. The van der Waals surface area contributed by atoms with Gasteiger partial charge in [0.1, 0.15) is 4.99 Å². The number of nitrogens with two attached hydrogens (primary N) is 1. The first-order valence-electron chi connectivity index (χ1n) is 5.88. The van der Waals surface area contributed by atoms with E-state index in [4.69, 9.17) is 27.4 Å². The van der Waals surface area contributed by atoms with Crippen LogP contribution in [0.2, 0.25) is 0 Å². The van der Waals surface area contributed by atoms with Gasteiger partial charge in [0.2, 0.25) is 5.88 Å². The van der Waals surface area contributed by atoms with E-state index in [0.29, 0.717) is 0 Å². The molecular weight excluding hydrogens is 298 g/mol. The van der Waals surface area contributed by atoms with E-state index in [1.165, 1.54) is 18.2 Å². The molecule has 0 aromatic heterocycles. The maximum absolute atomic E-state index is 11.8. The van der Waals surface area contributed by atoms with E-state index in [1.54, 1.807) is 6.92 Å². The molecule has 1 aliphatic rings. The molecule has 1 aliphatic heterocycles. The number of non-ortho nitro benzene ring substituents is 1. The van der Waals surface area contributed by atoms with Crippen LogP contribution in [-0.4, -0.2) is 22.5 Å². The lowest BCUT2D eigenvalue weighted by molar-refractivity contribution is -0.384. The third kappa shape index (κ3) is 2.92. The number of carbonyl (C=O) groups is 1. The number of anilines is 1. The summed E-state index contributed by atoms with van der Waals surface area (Å²) in [6.45, 7) is 1.79. The third-order valence-corrected chi connectivity index (χ3v) is 2.90. The Hall–Kier alpha value is -2.68. The standard InChI is InChI=1S/C12H11N3O5S/c1-2-19-12(16)9-10(13)20-8-4-3-6(15(17)18)5-7(8)14-11(9)21/h3-5H,2,13H2,1H3,(H,14,21). The zero-order chi connectivity index (χ0) is 15.6. The molecule has 1 aromatic carbocycles. The maximum Gasteiger partial charge on any atom is 0.346 e. The first-order chi connectivity index (χ1) is 9.93. The third-order valence-electron chi connectivity index (χ3n) is 2.60. The molecule has 2 rings (SSSR count). The lowest BCUT2D eigenvalue weighted by Crippen LogP contribution is -2.24. The number of esters is 1. The fraction of sp³-hybridized carbons (Fsp3) is 0.167. The van der Waals surface area contributed by atoms with Crippen molar-refractivity contribution in [2.45, 2.75) is 6.92 Å². The molecule has 21 heavy (non-hydrogen) atoms. The molecule has 0 saturated heterocycles. The fourth-order valence-electron chi connectivity index (χ4n) is 1.68. The molecule has 0 aliphatic carbocycles. The molecule has 0 bridgehead atoms. The molecule has 3 N–H and O–H groups in total. The van der Waals surface area contributed by atoms with Crippen LogP contribution < -0.4 is 15.8 Å². The Morgan fingerprint density at radius 1 is 1.57 bits per heavy atom. The molecule has 1 aromatic rings. The van der Waals surface area contributed by atoms with Crippen molar-refractivity contribution in [2.24, 2.45) is 5.73 Å². The molecule has 0 radical (unpaired) electrons. The van der Waals surface area contributed by atoms with E-state index in [-0.39, 0.29) is 40.2 Å². The Morgan fingerprint density at radius 2 is 2.29 bits per heavy atom. The van der Waals surface area contributed by atoms with E-state index in [1.807, 2.05) is 0 Å². The molecule has 9 heteroatoms. The molecule has 0 unspecified atom stereocenters. The number of benzene rings is 1. The van der Waals surface area contributed by atoms with E-state index >= 15 is 0 Å². The first kappa shape index (κ1) is 14.7. The van der Waals surface area contributed by atoms with Gasteiger partial charge in [0.15, 0.2) is 11.3 Å². The number of rotatable bonds is 3. The summed E-state index contributed by atoms with van der Waals surface area (Å²) in [6, 6.07) is 3.86. The number of thiocarbonyl (C=S) groups is 1. The second kappa shape index (κ2) is 5.75. The van der Waals surface area contributed by atoms with Crippen molar-refractivity contribution in [1.82, 2.24) is 0 Å². The summed E-state index contributed by atoms with van der Waals surface area (Å²) in [5, 5.41) is 13.5. The highest BCUT2D eigenvalue weighted by molar-refractivity contribution is 7.81. The Labute approximate surface area is 124 Å². The Balaban J connectivity index is 2.41. The number of nitrogens with one attached hydrogen (secondary N) is 1. The smallest absolute Gasteiger partial charge is 0.346 e. The van der Waals surface area contributed by atoms with Crippen LogP contribution in [0.3, 0.4) is 0 Å². The summed E-state index contributed by atoms with van der Waals surface area (Å²) in [7, 11) is 0. The Kier molecular flexibility index (Phi) is 4.03. The van der Waals surface area contributed by atoms with Crippen LogP contribution in [0.1, 0.15) is 6.92 Å². The molecule has 110 valence electrons. The van der Waals surface area contributed by atoms with Crippen LogP contribution in [0.25, 0.3) is 0 Å². The van der Waals surface area contributed by atoms with E-state index in [9.17, 15) is 14.9 Å². The van der Waals surface area contributed by atoms with Crippen molar-refractivity contribution in [3.05, 3.63) is 39.8 Å². The molecule has 0 saturated carbocycles. The normalized spacial score (nSPS) is 13.7. The van der Waals surface area contributed by atoms with Crippen LogP contribution in [0.5, 0.6) is 5.75 Å². The van der Waals surface area contributed by atoms with Gasteiger partial charge in [-0.1, -0.05) is 12.2 Å². The summed E-state index contributed by atoms with van der Waals surface area (Å²) in [5.41, 5.74) is 5.69. The monoisotopic (exact) mass is 309 g/mol. The molecule has 8 nitrogen and oxygen atoms in total. The number of nitro benzene ring substituents is 1. The van der Waals surface area contributed by atoms with Crippen LogP contribution in [0.15, 0.2) is 29.7 Å². The van der Waals surface area contributed by atoms with Crippen molar-refractivity contribution >= 4 is 34.6 Å². The first-order valence-corrected chi connectivity index (χ1v) is 6.29. The second-order valence-corrected chi connectivity index (χ2v) is 4.36. The van der Waals surface area contributed by atoms with Gasteiger partial charge in [-0.05, 0) is 13.0 Å². The molecule has 0 fully saturated rings. The van der Waals surface area contributed by atoms with Gasteiger partial charge in [0.25, 0.3) is 5.69 Å². The predicted octanol–water partition coefficient (Wildman–Crippen LogP) is 1.46. The molecule has 0 spiro atoms. The van der Waals surface area contributed by atoms with E-state index in [0.717, 1.165) is 0 Å². The van der Waals surface area contributed by atoms with Gasteiger partial charge < -0.3 is 20.5 Å².